The van der Waals surface area contributed by atoms with E-state index >= 15 is 0 Å². The normalized spacial score (nSPS) is 21.3. The number of oxime groups is 1. The van der Waals surface area contributed by atoms with E-state index in [2.05, 4.69) is 19.0 Å². The number of aliphatic hydroxyl groups excluding tert-OH is 1. The van der Waals surface area contributed by atoms with Gasteiger partial charge in [0.1, 0.15) is 29.3 Å². The first-order valence-electron chi connectivity index (χ1n) is 11.4. The summed E-state index contributed by atoms with van der Waals surface area (Å²) in [7, 11) is 0. The van der Waals surface area contributed by atoms with Crippen LogP contribution in [0.25, 0.3) is 0 Å². The molecule has 1 aliphatic carbocycles. The standard InChI is InChI=1S/C25H36ClNO4S/c1-6-21(25-22(28)13-18(14-23(25)29)12-17(5)32-7-2)27-30-15-24(16(3)4)31-20-10-8-19(26)9-11-20/h8-11,13,16-18,24-25,28H,6-7,12,14-15H2,1-5H3/b27-21+. The van der Waals surface area contributed by atoms with Gasteiger partial charge in [0.2, 0.25) is 0 Å². The predicted molar refractivity (Wildman–Crippen MR) is 134 cm³/mol. The molecule has 0 aromatic heterocycles. The number of carbonyl (C=O) groups is 1. The first-order valence-corrected chi connectivity index (χ1v) is 12.8. The number of carbonyl (C=O) groups excluding carboxylic acids is 1. The number of nitrogens with zero attached hydrogens (tertiary/aromatic N) is 1. The van der Waals surface area contributed by atoms with Crippen LogP contribution >= 0.6 is 23.4 Å². The van der Waals surface area contributed by atoms with Gasteiger partial charge in [-0.05, 0) is 60.8 Å². The minimum Gasteiger partial charge on any atom is -0.511 e. The zero-order valence-electron chi connectivity index (χ0n) is 19.7. The summed E-state index contributed by atoms with van der Waals surface area (Å²) in [6.07, 6.45) is 3.45. The van der Waals surface area contributed by atoms with Crippen LogP contribution in [0, 0.1) is 17.8 Å². The van der Waals surface area contributed by atoms with Gasteiger partial charge >= 0.3 is 0 Å². The number of halogens is 1. The Balaban J connectivity index is 2.02. The molecule has 0 saturated heterocycles. The zero-order valence-corrected chi connectivity index (χ0v) is 21.3. The smallest absolute Gasteiger partial charge is 0.154 e. The Morgan fingerprint density at radius 2 is 1.94 bits per heavy atom. The van der Waals surface area contributed by atoms with Gasteiger partial charge in [0.15, 0.2) is 6.61 Å². The molecule has 178 valence electrons. The van der Waals surface area contributed by atoms with Gasteiger partial charge in [-0.15, -0.1) is 0 Å². The number of thioether (sulfide) groups is 1. The van der Waals surface area contributed by atoms with E-state index < -0.39 is 5.92 Å². The van der Waals surface area contributed by atoms with Crippen molar-refractivity contribution in [3.63, 3.8) is 0 Å². The van der Waals surface area contributed by atoms with E-state index in [9.17, 15) is 9.90 Å². The van der Waals surface area contributed by atoms with E-state index in [0.717, 1.165) is 12.2 Å². The highest BCUT2D eigenvalue weighted by Gasteiger charge is 2.34. The van der Waals surface area contributed by atoms with E-state index in [1.807, 2.05) is 50.7 Å². The minimum absolute atomic E-state index is 0.00530. The zero-order chi connectivity index (χ0) is 23.7. The Hall–Kier alpha value is -1.66. The van der Waals surface area contributed by atoms with E-state index in [0.29, 0.717) is 34.6 Å². The maximum Gasteiger partial charge on any atom is 0.154 e. The molecule has 2 rings (SSSR count). The quantitative estimate of drug-likeness (QED) is 0.265. The van der Waals surface area contributed by atoms with Crippen LogP contribution in [-0.4, -0.2) is 40.3 Å². The number of Topliss-reactive ketones (excluding diaryl/α,β-unsaturated/α-hetero) is 1. The van der Waals surface area contributed by atoms with Crippen LogP contribution in [-0.2, 0) is 9.63 Å². The highest BCUT2D eigenvalue weighted by atomic mass is 35.5. The third-order valence-corrected chi connectivity index (χ3v) is 6.88. The number of rotatable bonds is 12. The fourth-order valence-corrected chi connectivity index (χ4v) is 4.87. The molecule has 1 aromatic carbocycles. The lowest BCUT2D eigenvalue weighted by molar-refractivity contribution is -0.122. The predicted octanol–water partition coefficient (Wildman–Crippen LogP) is 6.70. The van der Waals surface area contributed by atoms with E-state index in [4.69, 9.17) is 21.2 Å². The van der Waals surface area contributed by atoms with Gasteiger partial charge < -0.3 is 14.7 Å². The molecular formula is C25H36ClNO4S. The molecule has 0 radical (unpaired) electrons. The second kappa shape index (κ2) is 13.1. The van der Waals surface area contributed by atoms with Gasteiger partial charge in [-0.2, -0.15) is 11.8 Å². The number of hydrogen-bond acceptors (Lipinski definition) is 6. The summed E-state index contributed by atoms with van der Waals surface area (Å²) in [5, 5.41) is 16.0. The molecule has 32 heavy (non-hydrogen) atoms. The molecule has 4 unspecified atom stereocenters. The second-order valence-corrected chi connectivity index (χ2v) is 10.7. The molecular weight excluding hydrogens is 446 g/mol. The lowest BCUT2D eigenvalue weighted by atomic mass is 9.81. The highest BCUT2D eigenvalue weighted by molar-refractivity contribution is 7.99. The van der Waals surface area contributed by atoms with Gasteiger partial charge in [0.25, 0.3) is 0 Å². The molecule has 0 aliphatic heterocycles. The van der Waals surface area contributed by atoms with Gasteiger partial charge in [-0.25, -0.2) is 0 Å². The SMILES string of the molecule is CCSC(C)CC1C=C(O)C(/C(CC)=N/OCC(Oc2ccc(Cl)cc2)C(C)C)C(=O)C1. The van der Waals surface area contributed by atoms with Crippen LogP contribution in [0.1, 0.15) is 53.9 Å². The van der Waals surface area contributed by atoms with Crippen LogP contribution in [0.5, 0.6) is 5.75 Å². The van der Waals surface area contributed by atoms with Crippen LogP contribution in [0.3, 0.4) is 0 Å². The first-order chi connectivity index (χ1) is 15.2. The molecule has 0 saturated carbocycles. The molecule has 7 heteroatoms. The van der Waals surface area contributed by atoms with Gasteiger partial charge in [-0.1, -0.05) is 51.4 Å². The fraction of sp³-hybridized carbons (Fsp3) is 0.600. The summed E-state index contributed by atoms with van der Waals surface area (Å²) >= 11 is 7.81. The lowest BCUT2D eigenvalue weighted by Crippen LogP contribution is -2.33. The van der Waals surface area contributed by atoms with Gasteiger partial charge in [0, 0.05) is 16.7 Å². The number of ketones is 1. The molecule has 0 spiro atoms. The van der Waals surface area contributed by atoms with Crippen LogP contribution < -0.4 is 4.74 Å². The summed E-state index contributed by atoms with van der Waals surface area (Å²) in [6.45, 7) is 10.5. The Morgan fingerprint density at radius 3 is 2.50 bits per heavy atom. The van der Waals surface area contributed by atoms with Crippen molar-refractivity contribution in [1.29, 1.82) is 0 Å². The number of allylic oxidation sites excluding steroid dienone is 2. The van der Waals surface area contributed by atoms with Crippen molar-refractivity contribution in [2.24, 2.45) is 22.9 Å². The number of benzene rings is 1. The van der Waals surface area contributed by atoms with Crippen molar-refractivity contribution in [3.8, 4) is 5.75 Å². The van der Waals surface area contributed by atoms with E-state index in [-0.39, 0.29) is 36.1 Å². The van der Waals surface area contributed by atoms with Crippen molar-refractivity contribution in [1.82, 2.24) is 0 Å². The molecule has 4 atom stereocenters. The third kappa shape index (κ3) is 8.04. The van der Waals surface area contributed by atoms with Crippen LogP contribution in [0.4, 0.5) is 0 Å². The largest absolute Gasteiger partial charge is 0.511 e. The van der Waals surface area contributed by atoms with Gasteiger partial charge in [0.05, 0.1) is 5.71 Å². The first kappa shape index (κ1) is 26.6. The maximum atomic E-state index is 12.8. The molecule has 0 heterocycles. The Morgan fingerprint density at radius 1 is 1.25 bits per heavy atom. The monoisotopic (exact) mass is 481 g/mol. The average Bonchev–Trinajstić information content (AvgIpc) is 2.72. The number of hydrogen-bond donors (Lipinski definition) is 1. The molecule has 0 fully saturated rings. The van der Waals surface area contributed by atoms with Crippen molar-refractivity contribution in [2.45, 2.75) is 65.2 Å². The number of aliphatic hydroxyl groups is 1. The molecule has 1 aliphatic rings. The molecule has 0 amide bonds. The fourth-order valence-electron chi connectivity index (χ4n) is 3.79. The van der Waals surface area contributed by atoms with Crippen LogP contribution in [0.15, 0.2) is 41.3 Å². The van der Waals surface area contributed by atoms with Crippen molar-refractivity contribution in [2.75, 3.05) is 12.4 Å². The Labute approximate surface area is 201 Å². The van der Waals surface area contributed by atoms with Crippen molar-refractivity contribution in [3.05, 3.63) is 41.1 Å². The highest BCUT2D eigenvalue weighted by Crippen LogP contribution is 2.31. The molecule has 1 aromatic rings. The summed E-state index contributed by atoms with van der Waals surface area (Å²) in [6, 6.07) is 7.19. The Bertz CT molecular complexity index is 794. The molecule has 0 bridgehead atoms. The summed E-state index contributed by atoms with van der Waals surface area (Å²) in [5.74, 6) is 1.42. The number of ether oxygens (including phenoxy) is 1. The Kier molecular flexibility index (Phi) is 10.9. The topological polar surface area (TPSA) is 68.1 Å². The van der Waals surface area contributed by atoms with E-state index in [1.54, 1.807) is 12.1 Å². The molecule has 5 nitrogen and oxygen atoms in total. The molecule has 1 N–H and O–H groups in total. The van der Waals surface area contributed by atoms with Crippen LogP contribution in [0.2, 0.25) is 5.02 Å². The van der Waals surface area contributed by atoms with Crippen molar-refractivity contribution < 1.29 is 19.5 Å². The van der Waals surface area contributed by atoms with E-state index in [1.165, 1.54) is 0 Å². The maximum absolute atomic E-state index is 12.8. The summed E-state index contributed by atoms with van der Waals surface area (Å²) in [4.78, 5) is 18.5. The third-order valence-electron chi connectivity index (χ3n) is 5.53. The average molecular weight is 482 g/mol. The second-order valence-electron chi connectivity index (χ2n) is 8.54. The summed E-state index contributed by atoms with van der Waals surface area (Å²) in [5.41, 5.74) is 0.548. The van der Waals surface area contributed by atoms with Gasteiger partial charge in [-0.3, -0.25) is 4.79 Å². The minimum atomic E-state index is -0.708. The lowest BCUT2D eigenvalue weighted by Gasteiger charge is -2.27. The summed E-state index contributed by atoms with van der Waals surface area (Å²) < 4.78 is 6.02. The van der Waals surface area contributed by atoms with Crippen molar-refractivity contribution >= 4 is 34.9 Å².